The SMILES string of the molecule is Cc1cc(NC(=O)c2cccnc2Cl)c(Cl)nc1C. The molecule has 2 aromatic heterocycles. The third-order valence-corrected chi connectivity index (χ3v) is 3.26. The molecule has 0 fully saturated rings. The van der Waals surface area contributed by atoms with Crippen LogP contribution in [0.5, 0.6) is 0 Å². The molecule has 0 saturated carbocycles. The van der Waals surface area contributed by atoms with E-state index in [0.717, 1.165) is 11.3 Å². The molecule has 0 atom stereocenters. The first-order valence-corrected chi connectivity index (χ1v) is 6.30. The monoisotopic (exact) mass is 295 g/mol. The van der Waals surface area contributed by atoms with Crippen molar-refractivity contribution in [1.29, 1.82) is 0 Å². The average molecular weight is 296 g/mol. The van der Waals surface area contributed by atoms with Gasteiger partial charge in [0.25, 0.3) is 5.91 Å². The van der Waals surface area contributed by atoms with Gasteiger partial charge < -0.3 is 5.32 Å². The zero-order valence-electron chi connectivity index (χ0n) is 10.4. The Morgan fingerprint density at radius 1 is 1.26 bits per heavy atom. The standard InChI is InChI=1S/C13H11Cl2N3O/c1-7-6-10(12(15)17-8(7)2)18-13(19)9-4-3-5-16-11(9)14/h3-6H,1-2H3,(H,18,19). The largest absolute Gasteiger partial charge is 0.319 e. The third kappa shape index (κ3) is 3.03. The number of hydrogen-bond acceptors (Lipinski definition) is 3. The molecule has 98 valence electrons. The van der Waals surface area contributed by atoms with E-state index in [9.17, 15) is 4.79 Å². The second-order valence-electron chi connectivity index (χ2n) is 4.02. The zero-order chi connectivity index (χ0) is 14.0. The molecule has 1 amide bonds. The third-order valence-electron chi connectivity index (χ3n) is 2.67. The summed E-state index contributed by atoms with van der Waals surface area (Å²) in [7, 11) is 0. The number of anilines is 1. The Kier molecular flexibility index (Phi) is 4.02. The first-order chi connectivity index (χ1) is 8.99. The number of carbonyl (C=O) groups is 1. The number of nitrogens with zero attached hydrogens (tertiary/aromatic N) is 2. The first-order valence-electron chi connectivity index (χ1n) is 5.54. The Labute approximate surface area is 120 Å². The van der Waals surface area contributed by atoms with Gasteiger partial charge in [0.15, 0.2) is 5.15 Å². The van der Waals surface area contributed by atoms with Gasteiger partial charge in [0.05, 0.1) is 11.3 Å². The highest BCUT2D eigenvalue weighted by molar-refractivity contribution is 6.34. The fourth-order valence-corrected chi connectivity index (χ4v) is 1.94. The molecule has 0 bridgehead atoms. The molecule has 2 aromatic rings. The van der Waals surface area contributed by atoms with E-state index in [0.29, 0.717) is 11.3 Å². The highest BCUT2D eigenvalue weighted by atomic mass is 35.5. The summed E-state index contributed by atoms with van der Waals surface area (Å²) in [6.45, 7) is 3.75. The number of carbonyl (C=O) groups excluding carboxylic acids is 1. The Bertz CT molecular complexity index is 644. The maximum atomic E-state index is 12.1. The summed E-state index contributed by atoms with van der Waals surface area (Å²) in [4.78, 5) is 20.1. The maximum Gasteiger partial charge on any atom is 0.258 e. The Morgan fingerprint density at radius 2 is 2.00 bits per heavy atom. The number of aryl methyl sites for hydroxylation is 2. The smallest absolute Gasteiger partial charge is 0.258 e. The second-order valence-corrected chi connectivity index (χ2v) is 4.74. The molecule has 2 heterocycles. The van der Waals surface area contributed by atoms with Crippen molar-refractivity contribution in [3.63, 3.8) is 0 Å². The number of rotatable bonds is 2. The van der Waals surface area contributed by atoms with Crippen molar-refractivity contribution in [3.8, 4) is 0 Å². The van der Waals surface area contributed by atoms with E-state index in [1.54, 1.807) is 18.2 Å². The van der Waals surface area contributed by atoms with Crippen molar-refractivity contribution in [2.75, 3.05) is 5.32 Å². The average Bonchev–Trinajstić information content (AvgIpc) is 2.36. The molecule has 6 heteroatoms. The van der Waals surface area contributed by atoms with Gasteiger partial charge >= 0.3 is 0 Å². The molecule has 0 radical (unpaired) electrons. The number of nitrogens with one attached hydrogen (secondary N) is 1. The van der Waals surface area contributed by atoms with Crippen LogP contribution in [0.25, 0.3) is 0 Å². The van der Waals surface area contributed by atoms with E-state index in [2.05, 4.69) is 15.3 Å². The van der Waals surface area contributed by atoms with Crippen LogP contribution in [0.1, 0.15) is 21.6 Å². The fourth-order valence-electron chi connectivity index (χ4n) is 1.51. The predicted molar refractivity (Wildman–Crippen MR) is 75.9 cm³/mol. The topological polar surface area (TPSA) is 54.9 Å². The van der Waals surface area contributed by atoms with Crippen molar-refractivity contribution in [3.05, 3.63) is 51.5 Å². The number of aromatic nitrogens is 2. The van der Waals surface area contributed by atoms with Gasteiger partial charge in [-0.25, -0.2) is 9.97 Å². The number of amides is 1. The van der Waals surface area contributed by atoms with Gasteiger partial charge in [-0.15, -0.1) is 0 Å². The minimum Gasteiger partial charge on any atom is -0.319 e. The van der Waals surface area contributed by atoms with E-state index in [4.69, 9.17) is 23.2 Å². The van der Waals surface area contributed by atoms with Crippen molar-refractivity contribution in [2.24, 2.45) is 0 Å². The quantitative estimate of drug-likeness (QED) is 0.861. The Morgan fingerprint density at radius 3 is 2.68 bits per heavy atom. The first kappa shape index (κ1) is 13.8. The summed E-state index contributed by atoms with van der Waals surface area (Å²) in [6, 6.07) is 5.00. The Balaban J connectivity index is 2.30. The fraction of sp³-hybridized carbons (Fsp3) is 0.154. The Hall–Kier alpha value is -1.65. The highest BCUT2D eigenvalue weighted by Crippen LogP contribution is 2.23. The molecule has 0 unspecified atom stereocenters. The van der Waals surface area contributed by atoms with E-state index < -0.39 is 0 Å². The van der Waals surface area contributed by atoms with E-state index in [-0.39, 0.29) is 16.2 Å². The summed E-state index contributed by atoms with van der Waals surface area (Å²) >= 11 is 11.9. The molecule has 0 aliphatic rings. The van der Waals surface area contributed by atoms with Crippen molar-refractivity contribution < 1.29 is 4.79 Å². The lowest BCUT2D eigenvalue weighted by atomic mass is 10.2. The van der Waals surface area contributed by atoms with Crippen LogP contribution >= 0.6 is 23.2 Å². The summed E-state index contributed by atoms with van der Waals surface area (Å²) in [5.74, 6) is -0.370. The predicted octanol–water partition coefficient (Wildman–Crippen LogP) is 3.65. The van der Waals surface area contributed by atoms with Gasteiger partial charge in [-0.05, 0) is 37.6 Å². The van der Waals surface area contributed by atoms with Crippen molar-refractivity contribution >= 4 is 34.8 Å². The molecular formula is C13H11Cl2N3O. The van der Waals surface area contributed by atoms with Gasteiger partial charge in [0, 0.05) is 11.9 Å². The molecule has 19 heavy (non-hydrogen) atoms. The lowest BCUT2D eigenvalue weighted by Gasteiger charge is -2.09. The van der Waals surface area contributed by atoms with Crippen molar-refractivity contribution in [1.82, 2.24) is 9.97 Å². The summed E-state index contributed by atoms with van der Waals surface area (Å²) in [6.07, 6.45) is 1.52. The molecule has 2 rings (SSSR count). The molecule has 0 saturated heterocycles. The number of pyridine rings is 2. The maximum absolute atomic E-state index is 12.1. The van der Waals surface area contributed by atoms with Gasteiger partial charge in [0.1, 0.15) is 5.15 Å². The zero-order valence-corrected chi connectivity index (χ0v) is 11.9. The summed E-state index contributed by atoms with van der Waals surface area (Å²) in [5.41, 5.74) is 2.51. The van der Waals surface area contributed by atoms with Crippen LogP contribution in [-0.4, -0.2) is 15.9 Å². The molecule has 4 nitrogen and oxygen atoms in total. The van der Waals surface area contributed by atoms with Crippen LogP contribution in [-0.2, 0) is 0 Å². The van der Waals surface area contributed by atoms with Crippen LogP contribution in [0, 0.1) is 13.8 Å². The molecule has 0 aliphatic heterocycles. The molecule has 0 aliphatic carbocycles. The minimum atomic E-state index is -0.370. The van der Waals surface area contributed by atoms with E-state index >= 15 is 0 Å². The van der Waals surface area contributed by atoms with Gasteiger partial charge in [-0.2, -0.15) is 0 Å². The van der Waals surface area contributed by atoms with Gasteiger partial charge in [-0.1, -0.05) is 23.2 Å². The van der Waals surface area contributed by atoms with Crippen LogP contribution in [0.3, 0.4) is 0 Å². The van der Waals surface area contributed by atoms with Crippen LogP contribution < -0.4 is 5.32 Å². The minimum absolute atomic E-state index is 0.146. The van der Waals surface area contributed by atoms with Crippen LogP contribution in [0.4, 0.5) is 5.69 Å². The molecule has 1 N–H and O–H groups in total. The number of halogens is 2. The molecule has 0 aromatic carbocycles. The lowest BCUT2D eigenvalue weighted by molar-refractivity contribution is 0.102. The normalized spacial score (nSPS) is 10.3. The van der Waals surface area contributed by atoms with Gasteiger partial charge in [-0.3, -0.25) is 4.79 Å². The van der Waals surface area contributed by atoms with Crippen molar-refractivity contribution in [2.45, 2.75) is 13.8 Å². The lowest BCUT2D eigenvalue weighted by Crippen LogP contribution is -2.14. The molecular weight excluding hydrogens is 285 g/mol. The number of hydrogen-bond donors (Lipinski definition) is 1. The second kappa shape index (κ2) is 5.55. The van der Waals surface area contributed by atoms with Crippen LogP contribution in [0.15, 0.2) is 24.4 Å². The molecule has 0 spiro atoms. The van der Waals surface area contributed by atoms with E-state index in [1.165, 1.54) is 6.20 Å². The van der Waals surface area contributed by atoms with Gasteiger partial charge in [0.2, 0.25) is 0 Å². The van der Waals surface area contributed by atoms with Crippen LogP contribution in [0.2, 0.25) is 10.3 Å². The van der Waals surface area contributed by atoms with E-state index in [1.807, 2.05) is 13.8 Å². The highest BCUT2D eigenvalue weighted by Gasteiger charge is 2.13. The summed E-state index contributed by atoms with van der Waals surface area (Å²) in [5, 5.41) is 3.07. The summed E-state index contributed by atoms with van der Waals surface area (Å²) < 4.78 is 0.